The third-order valence-corrected chi connectivity index (χ3v) is 3.54. The van der Waals surface area contributed by atoms with Crippen LogP contribution in [0.5, 0.6) is 0 Å². The fourth-order valence-electron chi connectivity index (χ4n) is 2.38. The highest BCUT2D eigenvalue weighted by Gasteiger charge is 2.11. The number of nitrogens with one attached hydrogen (secondary N) is 1. The molecule has 3 rings (SSSR count). The molecular formula is C14H14N4O3. The van der Waals surface area contributed by atoms with E-state index in [4.69, 9.17) is 5.11 Å². The second-order valence-corrected chi connectivity index (χ2v) is 4.82. The number of aryl methyl sites for hydroxylation is 3. The van der Waals surface area contributed by atoms with E-state index >= 15 is 0 Å². The fraction of sp³-hybridized carbons (Fsp3) is 0.214. The number of benzene rings is 1. The molecule has 3 aromatic rings. The van der Waals surface area contributed by atoms with Crippen molar-refractivity contribution in [2.45, 2.75) is 13.0 Å². The van der Waals surface area contributed by atoms with E-state index in [2.05, 4.69) is 10.1 Å². The number of aromatic carboxylic acids is 1. The number of nitrogens with zero attached hydrogens (tertiary/aromatic N) is 3. The molecule has 0 saturated carbocycles. The Kier molecular flexibility index (Phi) is 3.09. The minimum absolute atomic E-state index is 0.163. The van der Waals surface area contributed by atoms with Crippen LogP contribution in [0.2, 0.25) is 0 Å². The Balaban J connectivity index is 1.99. The molecule has 0 amide bonds. The van der Waals surface area contributed by atoms with E-state index in [0.717, 1.165) is 5.69 Å². The number of H-pyrrole nitrogens is 1. The highest BCUT2D eigenvalue weighted by atomic mass is 16.4. The first-order chi connectivity index (χ1) is 10.1. The van der Waals surface area contributed by atoms with Gasteiger partial charge in [0.2, 0.25) is 0 Å². The van der Waals surface area contributed by atoms with Gasteiger partial charge in [-0.15, -0.1) is 0 Å². The molecule has 0 aliphatic carbocycles. The number of rotatable bonds is 4. The topological polar surface area (TPSA) is 92.9 Å². The zero-order valence-corrected chi connectivity index (χ0v) is 11.4. The molecule has 7 nitrogen and oxygen atoms in total. The number of aromatic amines is 1. The van der Waals surface area contributed by atoms with Crippen molar-refractivity contribution in [3.05, 3.63) is 52.2 Å². The van der Waals surface area contributed by atoms with E-state index < -0.39 is 5.97 Å². The quantitative estimate of drug-likeness (QED) is 0.748. The molecule has 2 aromatic heterocycles. The van der Waals surface area contributed by atoms with Gasteiger partial charge in [-0.2, -0.15) is 5.10 Å². The Morgan fingerprint density at radius 2 is 2.19 bits per heavy atom. The lowest BCUT2D eigenvalue weighted by Crippen LogP contribution is -2.18. The molecule has 0 radical (unpaired) electrons. The largest absolute Gasteiger partial charge is 0.478 e. The van der Waals surface area contributed by atoms with Crippen molar-refractivity contribution in [3.63, 3.8) is 0 Å². The average Bonchev–Trinajstić information content (AvgIpc) is 2.98. The van der Waals surface area contributed by atoms with Gasteiger partial charge in [-0.1, -0.05) is 0 Å². The minimum Gasteiger partial charge on any atom is -0.478 e. The van der Waals surface area contributed by atoms with Crippen LogP contribution in [0.25, 0.3) is 11.0 Å². The standard InChI is InChI=1S/C14H14N4O3/c1-17-10(4-6-15-17)5-7-18-12-8-9(13(19)20)2-3-11(12)16-14(18)21/h2-4,6,8H,5,7H2,1H3,(H,16,21)(H,19,20). The van der Waals surface area contributed by atoms with Crippen molar-refractivity contribution >= 4 is 17.0 Å². The SMILES string of the molecule is Cn1nccc1CCn1c(=O)[nH]c2ccc(C(=O)O)cc21. The highest BCUT2D eigenvalue weighted by molar-refractivity contribution is 5.92. The van der Waals surface area contributed by atoms with Crippen LogP contribution in [0.1, 0.15) is 16.1 Å². The summed E-state index contributed by atoms with van der Waals surface area (Å²) >= 11 is 0. The lowest BCUT2D eigenvalue weighted by atomic mass is 10.2. The maximum atomic E-state index is 12.0. The lowest BCUT2D eigenvalue weighted by molar-refractivity contribution is 0.0697. The molecule has 0 atom stereocenters. The van der Waals surface area contributed by atoms with Gasteiger partial charge in [-0.05, 0) is 24.3 Å². The van der Waals surface area contributed by atoms with E-state index in [1.54, 1.807) is 21.5 Å². The third kappa shape index (κ3) is 2.33. The molecule has 0 bridgehead atoms. The number of carbonyl (C=O) groups is 1. The van der Waals surface area contributed by atoms with E-state index in [1.807, 2.05) is 13.1 Å². The molecular weight excluding hydrogens is 272 g/mol. The summed E-state index contributed by atoms with van der Waals surface area (Å²) in [6.07, 6.45) is 2.34. The van der Waals surface area contributed by atoms with Gasteiger partial charge in [0.15, 0.2) is 0 Å². The summed E-state index contributed by atoms with van der Waals surface area (Å²) in [5.74, 6) is -1.01. The Morgan fingerprint density at radius 1 is 1.38 bits per heavy atom. The molecule has 7 heteroatoms. The molecule has 0 spiro atoms. The van der Waals surface area contributed by atoms with E-state index in [9.17, 15) is 9.59 Å². The lowest BCUT2D eigenvalue weighted by Gasteiger charge is -2.04. The van der Waals surface area contributed by atoms with Crippen LogP contribution in [0.3, 0.4) is 0 Å². The predicted octanol–water partition coefficient (Wildman–Crippen LogP) is 1.00. The molecule has 0 unspecified atom stereocenters. The summed E-state index contributed by atoms with van der Waals surface area (Å²) in [6, 6.07) is 6.49. The summed E-state index contributed by atoms with van der Waals surface area (Å²) in [7, 11) is 1.84. The van der Waals surface area contributed by atoms with Crippen molar-refractivity contribution in [3.8, 4) is 0 Å². The number of imidazole rings is 1. The monoisotopic (exact) mass is 286 g/mol. The Hall–Kier alpha value is -2.83. The van der Waals surface area contributed by atoms with Crippen molar-refractivity contribution in [1.29, 1.82) is 0 Å². The smallest absolute Gasteiger partial charge is 0.335 e. The summed E-state index contributed by atoms with van der Waals surface area (Å²) in [4.78, 5) is 25.8. The van der Waals surface area contributed by atoms with Crippen LogP contribution < -0.4 is 5.69 Å². The highest BCUT2D eigenvalue weighted by Crippen LogP contribution is 2.14. The zero-order chi connectivity index (χ0) is 15.0. The average molecular weight is 286 g/mol. The van der Waals surface area contributed by atoms with E-state index in [-0.39, 0.29) is 11.3 Å². The molecule has 1 aromatic carbocycles. The van der Waals surface area contributed by atoms with Crippen molar-refractivity contribution in [2.75, 3.05) is 0 Å². The van der Waals surface area contributed by atoms with Gasteiger partial charge in [0, 0.05) is 31.9 Å². The van der Waals surface area contributed by atoms with Gasteiger partial charge in [0.1, 0.15) is 0 Å². The molecule has 21 heavy (non-hydrogen) atoms. The summed E-state index contributed by atoms with van der Waals surface area (Å²) in [5.41, 5.74) is 2.16. The van der Waals surface area contributed by atoms with E-state index in [0.29, 0.717) is 24.0 Å². The first-order valence-corrected chi connectivity index (χ1v) is 6.49. The van der Waals surface area contributed by atoms with Crippen LogP contribution in [-0.4, -0.2) is 30.4 Å². The number of hydrogen-bond acceptors (Lipinski definition) is 3. The van der Waals surface area contributed by atoms with Gasteiger partial charge < -0.3 is 10.1 Å². The Morgan fingerprint density at radius 3 is 2.86 bits per heavy atom. The number of hydrogen-bond donors (Lipinski definition) is 2. The van der Waals surface area contributed by atoms with Crippen molar-refractivity contribution < 1.29 is 9.90 Å². The predicted molar refractivity (Wildman–Crippen MR) is 76.4 cm³/mol. The van der Waals surface area contributed by atoms with Gasteiger partial charge in [0.25, 0.3) is 0 Å². The molecule has 2 heterocycles. The first-order valence-electron chi connectivity index (χ1n) is 6.49. The van der Waals surface area contributed by atoms with Crippen LogP contribution >= 0.6 is 0 Å². The maximum Gasteiger partial charge on any atom is 0.335 e. The van der Waals surface area contributed by atoms with Crippen molar-refractivity contribution in [1.82, 2.24) is 19.3 Å². The van der Waals surface area contributed by atoms with Gasteiger partial charge >= 0.3 is 11.7 Å². The molecule has 0 saturated heterocycles. The summed E-state index contributed by atoms with van der Waals surface area (Å²) in [6.45, 7) is 0.460. The van der Waals surface area contributed by atoms with Crippen LogP contribution in [0.15, 0.2) is 35.3 Å². The molecule has 108 valence electrons. The second kappa shape index (κ2) is 4.93. The number of carboxylic acids is 1. The Labute approximate surface area is 119 Å². The molecule has 0 aliphatic rings. The first kappa shape index (κ1) is 13.2. The van der Waals surface area contributed by atoms with Crippen LogP contribution in [0.4, 0.5) is 0 Å². The fourth-order valence-corrected chi connectivity index (χ4v) is 2.38. The Bertz CT molecular complexity index is 872. The third-order valence-electron chi connectivity index (χ3n) is 3.54. The molecule has 2 N–H and O–H groups in total. The number of aromatic nitrogens is 4. The minimum atomic E-state index is -1.01. The van der Waals surface area contributed by atoms with Crippen molar-refractivity contribution in [2.24, 2.45) is 7.05 Å². The number of fused-ring (bicyclic) bond motifs is 1. The van der Waals surface area contributed by atoms with E-state index in [1.165, 1.54) is 12.1 Å². The molecule has 0 fully saturated rings. The summed E-state index contributed by atoms with van der Waals surface area (Å²) in [5, 5.41) is 13.1. The maximum absolute atomic E-state index is 12.0. The zero-order valence-electron chi connectivity index (χ0n) is 11.4. The molecule has 0 aliphatic heterocycles. The van der Waals surface area contributed by atoms with Crippen LogP contribution in [0, 0.1) is 0 Å². The van der Waals surface area contributed by atoms with Gasteiger partial charge in [0.05, 0.1) is 16.6 Å². The van der Waals surface area contributed by atoms with Gasteiger partial charge in [-0.25, -0.2) is 9.59 Å². The summed E-state index contributed by atoms with van der Waals surface area (Å²) < 4.78 is 3.30. The van der Waals surface area contributed by atoms with Gasteiger partial charge in [-0.3, -0.25) is 9.25 Å². The van der Waals surface area contributed by atoms with Crippen LogP contribution in [-0.2, 0) is 20.0 Å². The normalized spacial score (nSPS) is 11.1. The second-order valence-electron chi connectivity index (χ2n) is 4.82. The number of carboxylic acid groups (broad SMARTS) is 1.